The first-order valence-electron chi connectivity index (χ1n) is 13.3. The summed E-state index contributed by atoms with van der Waals surface area (Å²) in [7, 11) is 0. The molecule has 4 rings (SSSR count). The number of alkyl halides is 2. The van der Waals surface area contributed by atoms with Crippen molar-refractivity contribution in [2.45, 2.75) is 59.9 Å². The normalized spacial score (nSPS) is 11.7. The molecule has 0 radical (unpaired) electrons. The Morgan fingerprint density at radius 2 is 1.77 bits per heavy atom. The highest BCUT2D eigenvalue weighted by molar-refractivity contribution is 5.96. The van der Waals surface area contributed by atoms with Crippen LogP contribution >= 0.6 is 0 Å². The molecule has 0 aliphatic rings. The standard InChI is InChI=1S/C28H34N6O.C2H4F2/c1-5-13-29-22(6-2)17-32-28(35)24-12-11-23(16-20(24)4)33-26-27-31-18-25(34(27)15-14-30-26)21-9-7-19(3)8-10-21;1-2(3)4/h7-12,14-16,18,22,29H,5-6,13,17H2,1-4H3,(H,30,33)(H,32,35);2H,1H3. The molecule has 3 N–H and O–H groups in total. The second-order valence-electron chi connectivity index (χ2n) is 9.42. The van der Waals surface area contributed by atoms with Crippen LogP contribution < -0.4 is 16.0 Å². The van der Waals surface area contributed by atoms with Crippen LogP contribution in [0.5, 0.6) is 0 Å². The summed E-state index contributed by atoms with van der Waals surface area (Å²) in [4.78, 5) is 21.9. The molecule has 1 amide bonds. The van der Waals surface area contributed by atoms with E-state index in [1.54, 1.807) is 6.20 Å². The van der Waals surface area contributed by atoms with E-state index in [1.807, 2.05) is 41.9 Å². The summed E-state index contributed by atoms with van der Waals surface area (Å²) in [6.07, 6.45) is 5.43. The highest BCUT2D eigenvalue weighted by Crippen LogP contribution is 2.26. The number of nitrogens with zero attached hydrogens (tertiary/aromatic N) is 3. The quantitative estimate of drug-likeness (QED) is 0.214. The molecule has 0 spiro atoms. The lowest BCUT2D eigenvalue weighted by Gasteiger charge is -2.18. The number of amides is 1. The number of carbonyl (C=O) groups is 1. The van der Waals surface area contributed by atoms with Crippen molar-refractivity contribution in [3.05, 3.63) is 77.7 Å². The number of halogens is 2. The van der Waals surface area contributed by atoms with E-state index < -0.39 is 6.43 Å². The number of nitrogens with one attached hydrogen (secondary N) is 3. The Balaban J connectivity index is 0.000000983. The van der Waals surface area contributed by atoms with Gasteiger partial charge in [0.15, 0.2) is 11.5 Å². The number of hydrogen-bond acceptors (Lipinski definition) is 5. The number of benzene rings is 2. The molecule has 7 nitrogen and oxygen atoms in total. The van der Waals surface area contributed by atoms with Crippen LogP contribution in [0.2, 0.25) is 0 Å². The van der Waals surface area contributed by atoms with Gasteiger partial charge >= 0.3 is 0 Å². The summed E-state index contributed by atoms with van der Waals surface area (Å²) in [5, 5.41) is 9.91. The van der Waals surface area contributed by atoms with Gasteiger partial charge in [-0.1, -0.05) is 43.7 Å². The molecule has 9 heteroatoms. The average molecular weight is 537 g/mol. The molecule has 2 aromatic carbocycles. The lowest BCUT2D eigenvalue weighted by Crippen LogP contribution is -2.41. The molecular formula is C30H38F2N6O. The predicted molar refractivity (Wildman–Crippen MR) is 154 cm³/mol. The lowest BCUT2D eigenvalue weighted by molar-refractivity contribution is 0.0948. The highest BCUT2D eigenvalue weighted by atomic mass is 19.3. The van der Waals surface area contributed by atoms with E-state index in [4.69, 9.17) is 0 Å². The van der Waals surface area contributed by atoms with Gasteiger partial charge in [-0.3, -0.25) is 9.20 Å². The SMILES string of the molecule is CC(F)F.CCCNC(CC)CNC(=O)c1ccc(Nc2nccn3c(-c4ccc(C)cc4)cnc23)cc1C. The highest BCUT2D eigenvalue weighted by Gasteiger charge is 2.14. The van der Waals surface area contributed by atoms with E-state index in [-0.39, 0.29) is 11.9 Å². The zero-order chi connectivity index (χ0) is 28.4. The van der Waals surface area contributed by atoms with Crippen LogP contribution in [0.1, 0.15) is 55.1 Å². The van der Waals surface area contributed by atoms with Gasteiger partial charge in [-0.2, -0.15) is 0 Å². The van der Waals surface area contributed by atoms with Crippen molar-refractivity contribution < 1.29 is 13.6 Å². The van der Waals surface area contributed by atoms with Gasteiger partial charge in [-0.05, 0) is 63.9 Å². The molecule has 39 heavy (non-hydrogen) atoms. The Morgan fingerprint density at radius 3 is 2.41 bits per heavy atom. The van der Waals surface area contributed by atoms with Gasteiger partial charge in [0.25, 0.3) is 5.91 Å². The molecule has 1 atom stereocenters. The Labute approximate surface area is 229 Å². The maximum atomic E-state index is 12.8. The molecule has 0 fully saturated rings. The van der Waals surface area contributed by atoms with Gasteiger partial charge in [0.1, 0.15) is 0 Å². The van der Waals surface area contributed by atoms with Crippen molar-refractivity contribution in [2.75, 3.05) is 18.4 Å². The largest absolute Gasteiger partial charge is 0.350 e. The summed E-state index contributed by atoms with van der Waals surface area (Å²) in [5.41, 5.74) is 6.50. The van der Waals surface area contributed by atoms with Gasteiger partial charge < -0.3 is 16.0 Å². The molecule has 208 valence electrons. The molecule has 2 heterocycles. The van der Waals surface area contributed by atoms with E-state index in [2.05, 4.69) is 71.0 Å². The van der Waals surface area contributed by atoms with Gasteiger partial charge in [-0.25, -0.2) is 18.7 Å². The van der Waals surface area contributed by atoms with Gasteiger partial charge in [0, 0.05) is 41.8 Å². The second-order valence-corrected chi connectivity index (χ2v) is 9.42. The third kappa shape index (κ3) is 8.32. The first-order chi connectivity index (χ1) is 18.7. The number of imidazole rings is 1. The zero-order valence-corrected chi connectivity index (χ0v) is 23.3. The molecule has 0 saturated carbocycles. The lowest BCUT2D eigenvalue weighted by atomic mass is 10.1. The molecule has 0 saturated heterocycles. The van der Waals surface area contributed by atoms with Crippen LogP contribution in [0, 0.1) is 13.8 Å². The number of rotatable bonds is 10. The van der Waals surface area contributed by atoms with Crippen LogP contribution in [0.15, 0.2) is 61.1 Å². The molecule has 1 unspecified atom stereocenters. The Morgan fingerprint density at radius 1 is 1.05 bits per heavy atom. The Kier molecular flexibility index (Phi) is 10.9. The van der Waals surface area contributed by atoms with E-state index in [1.165, 1.54) is 5.56 Å². The van der Waals surface area contributed by atoms with Crippen molar-refractivity contribution in [3.63, 3.8) is 0 Å². The van der Waals surface area contributed by atoms with E-state index >= 15 is 0 Å². The maximum absolute atomic E-state index is 12.8. The fraction of sp³-hybridized carbons (Fsp3) is 0.367. The fourth-order valence-electron chi connectivity index (χ4n) is 4.10. The summed E-state index contributed by atoms with van der Waals surface area (Å²) >= 11 is 0. The third-order valence-corrected chi connectivity index (χ3v) is 6.19. The summed E-state index contributed by atoms with van der Waals surface area (Å²) in [5.74, 6) is 0.609. The summed E-state index contributed by atoms with van der Waals surface area (Å²) < 4.78 is 22.7. The van der Waals surface area contributed by atoms with E-state index in [0.29, 0.717) is 17.9 Å². The topological polar surface area (TPSA) is 83.3 Å². The minimum Gasteiger partial charge on any atom is -0.350 e. The van der Waals surface area contributed by atoms with Crippen molar-refractivity contribution in [1.29, 1.82) is 0 Å². The van der Waals surface area contributed by atoms with Crippen LogP contribution in [0.4, 0.5) is 20.3 Å². The average Bonchev–Trinajstić information content (AvgIpc) is 3.34. The van der Waals surface area contributed by atoms with Crippen LogP contribution in [-0.4, -0.2) is 45.8 Å². The number of aryl methyl sites for hydroxylation is 2. The fourth-order valence-corrected chi connectivity index (χ4v) is 4.10. The number of aromatic nitrogens is 3. The second kappa shape index (κ2) is 14.3. The van der Waals surface area contributed by atoms with Gasteiger partial charge in [0.2, 0.25) is 6.43 Å². The van der Waals surface area contributed by atoms with Gasteiger partial charge in [-0.15, -0.1) is 0 Å². The Hall–Kier alpha value is -3.85. The van der Waals surface area contributed by atoms with E-state index in [9.17, 15) is 13.6 Å². The van der Waals surface area contributed by atoms with Gasteiger partial charge in [0.05, 0.1) is 11.9 Å². The third-order valence-electron chi connectivity index (χ3n) is 6.19. The number of carbonyl (C=O) groups excluding carboxylic acids is 1. The van der Waals surface area contributed by atoms with Crippen LogP contribution in [0.25, 0.3) is 16.9 Å². The predicted octanol–water partition coefficient (Wildman–Crippen LogP) is 6.54. The number of hydrogen-bond donors (Lipinski definition) is 3. The first-order valence-corrected chi connectivity index (χ1v) is 13.3. The number of fused-ring (bicyclic) bond motifs is 1. The minimum atomic E-state index is -2.17. The summed E-state index contributed by atoms with van der Waals surface area (Å²) in [6, 6.07) is 14.4. The smallest absolute Gasteiger partial charge is 0.251 e. The van der Waals surface area contributed by atoms with Crippen LogP contribution in [0.3, 0.4) is 0 Å². The Bertz CT molecular complexity index is 1350. The van der Waals surface area contributed by atoms with Crippen LogP contribution in [-0.2, 0) is 0 Å². The van der Waals surface area contributed by atoms with Crippen molar-refractivity contribution >= 4 is 23.1 Å². The monoisotopic (exact) mass is 536 g/mol. The molecule has 4 aromatic rings. The first kappa shape index (κ1) is 29.7. The molecule has 0 bridgehead atoms. The van der Waals surface area contributed by atoms with Crippen molar-refractivity contribution in [2.24, 2.45) is 0 Å². The van der Waals surface area contributed by atoms with Crippen molar-refractivity contribution in [3.8, 4) is 11.3 Å². The van der Waals surface area contributed by atoms with Crippen molar-refractivity contribution in [1.82, 2.24) is 25.0 Å². The minimum absolute atomic E-state index is 0.0537. The molecule has 2 aromatic heterocycles. The number of anilines is 2. The molecule has 0 aliphatic heterocycles. The summed E-state index contributed by atoms with van der Waals surface area (Å²) in [6.45, 7) is 10.7. The molecular weight excluding hydrogens is 498 g/mol. The van der Waals surface area contributed by atoms with E-state index in [0.717, 1.165) is 54.5 Å². The zero-order valence-electron chi connectivity index (χ0n) is 23.3. The molecule has 0 aliphatic carbocycles. The maximum Gasteiger partial charge on any atom is 0.251 e.